The van der Waals surface area contributed by atoms with Crippen LogP contribution in [-0.2, 0) is 33.9 Å². The molecule has 4 amide bonds. The molecule has 316 valence electrons. The van der Waals surface area contributed by atoms with Gasteiger partial charge in [-0.15, -0.1) is 6.58 Å². The van der Waals surface area contributed by atoms with Gasteiger partial charge in [0, 0.05) is 80.9 Å². The van der Waals surface area contributed by atoms with Crippen molar-refractivity contribution < 1.29 is 24.3 Å². The Balaban J connectivity index is 0.00000253. The van der Waals surface area contributed by atoms with E-state index >= 15 is 0 Å². The highest BCUT2D eigenvalue weighted by molar-refractivity contribution is 6.05. The van der Waals surface area contributed by atoms with Crippen molar-refractivity contribution in [2.45, 2.75) is 71.2 Å². The number of fused-ring (bicyclic) bond motifs is 3. The van der Waals surface area contributed by atoms with Crippen LogP contribution < -0.4 is 26.4 Å². The van der Waals surface area contributed by atoms with E-state index in [4.69, 9.17) is 9.97 Å². The number of imide groups is 1. The summed E-state index contributed by atoms with van der Waals surface area (Å²) in [7, 11) is 0. The van der Waals surface area contributed by atoms with Crippen molar-refractivity contribution in [3.63, 3.8) is 0 Å². The number of carbonyl (C=O) groups excluding carboxylic acids is 4. The minimum Gasteiger partial charge on any atom is -0.387 e. The lowest BCUT2D eigenvalue weighted by Gasteiger charge is -2.36. The number of carbonyl (C=O) groups is 4. The van der Waals surface area contributed by atoms with Crippen LogP contribution in [0.15, 0.2) is 78.2 Å². The lowest BCUT2D eigenvalue weighted by atomic mass is 10.0. The molecule has 17 nitrogen and oxygen atoms in total. The molecular weight excluding hydrogens is 779 g/mol. The molecule has 0 bridgehead atoms. The Labute approximate surface area is 352 Å². The first-order valence-corrected chi connectivity index (χ1v) is 20.8. The standard InChI is InChI=1S/C42H43N11O6.C2H6/c1-2-17-52-41(59)31-23-44-42(48-38(31)53(52)34-13-4-25-3-12-33(54)37(25)46-34)45-27-5-8-29(9-6-27)49-18-20-50(21-19-49)36(56)15-16-43-28-7-10-30-26(22-28)24-51(40(30)58)32-11-14-35(55)47-39(32)57;1-2/h2,4-10,13,22-23,32-33,43,54H,1,3,11-12,14-21,24H2,(H,44,45,48)(H,47,55,57);1-2H3. The SMILES string of the molecule is C=CCn1c(=O)c2cnc(Nc3ccc(N4CCN(C(=O)CCNc5ccc6c(c5)CN(C5CCC(=O)NC5=O)C6=O)CC4)cc3)nc2n1-c1ccc2c(n1)C(O)CC2.CC. The van der Waals surface area contributed by atoms with Crippen LogP contribution in [0.3, 0.4) is 0 Å². The maximum Gasteiger partial charge on any atom is 0.278 e. The summed E-state index contributed by atoms with van der Waals surface area (Å²) in [5.41, 5.74) is 5.65. The minimum absolute atomic E-state index is 0.0591. The summed E-state index contributed by atoms with van der Waals surface area (Å²) in [6.45, 7) is 11.3. The van der Waals surface area contributed by atoms with Crippen LogP contribution in [0.2, 0.25) is 0 Å². The molecule has 1 aliphatic carbocycles. The number of anilines is 4. The Bertz CT molecular complexity index is 2580. The zero-order valence-corrected chi connectivity index (χ0v) is 34.3. The second kappa shape index (κ2) is 17.4. The van der Waals surface area contributed by atoms with Gasteiger partial charge in [0.2, 0.25) is 23.7 Å². The average Bonchev–Trinajstić information content (AvgIpc) is 3.90. The Hall–Kier alpha value is -6.88. The topological polar surface area (TPSA) is 200 Å². The average molecular weight is 828 g/mol. The first kappa shape index (κ1) is 40.9. The van der Waals surface area contributed by atoms with Crippen LogP contribution >= 0.6 is 0 Å². The first-order chi connectivity index (χ1) is 29.6. The lowest BCUT2D eigenvalue weighted by molar-refractivity contribution is -0.137. The molecule has 9 rings (SSSR count). The molecule has 4 N–H and O–H groups in total. The van der Waals surface area contributed by atoms with Crippen LogP contribution in [0.4, 0.5) is 23.0 Å². The molecule has 2 atom stereocenters. The molecule has 0 spiro atoms. The molecule has 2 aromatic carbocycles. The molecule has 17 heteroatoms. The number of piperazine rings is 1. The molecule has 5 aromatic rings. The number of aliphatic hydroxyl groups is 1. The van der Waals surface area contributed by atoms with Gasteiger partial charge in [-0.3, -0.25) is 29.3 Å². The summed E-state index contributed by atoms with van der Waals surface area (Å²) in [5, 5.41) is 19.7. The lowest BCUT2D eigenvalue weighted by Crippen LogP contribution is -2.52. The zero-order valence-electron chi connectivity index (χ0n) is 34.3. The fraction of sp³-hybridized carbons (Fsp3) is 0.364. The minimum atomic E-state index is -0.663. The van der Waals surface area contributed by atoms with Crippen molar-refractivity contribution in [3.05, 3.63) is 106 Å². The van der Waals surface area contributed by atoms with Crippen molar-refractivity contribution in [3.8, 4) is 5.82 Å². The normalized spacial score (nSPS) is 18.3. The number of pyridine rings is 1. The van der Waals surface area contributed by atoms with Gasteiger partial charge >= 0.3 is 0 Å². The number of aryl methyl sites for hydroxylation is 1. The number of benzene rings is 2. The highest BCUT2D eigenvalue weighted by Gasteiger charge is 2.39. The number of piperidine rings is 1. The van der Waals surface area contributed by atoms with Gasteiger partial charge in [0.15, 0.2) is 11.5 Å². The molecule has 6 heterocycles. The Morgan fingerprint density at radius 1 is 0.934 bits per heavy atom. The van der Waals surface area contributed by atoms with E-state index < -0.39 is 18.1 Å². The Kier molecular flexibility index (Phi) is 11.6. The largest absolute Gasteiger partial charge is 0.387 e. The van der Waals surface area contributed by atoms with Crippen LogP contribution in [0, 0.1) is 0 Å². The zero-order chi connectivity index (χ0) is 42.8. The maximum atomic E-state index is 13.4. The van der Waals surface area contributed by atoms with Gasteiger partial charge < -0.3 is 30.4 Å². The summed E-state index contributed by atoms with van der Waals surface area (Å²) < 4.78 is 3.16. The number of hydrogen-bond donors (Lipinski definition) is 4. The molecule has 3 aliphatic heterocycles. The van der Waals surface area contributed by atoms with Crippen molar-refractivity contribution in [1.29, 1.82) is 0 Å². The van der Waals surface area contributed by atoms with E-state index in [9.17, 15) is 29.1 Å². The van der Waals surface area contributed by atoms with Gasteiger partial charge in [-0.1, -0.05) is 26.0 Å². The van der Waals surface area contributed by atoms with E-state index in [1.54, 1.807) is 16.8 Å². The molecule has 3 aromatic heterocycles. The van der Waals surface area contributed by atoms with Gasteiger partial charge in [0.1, 0.15) is 11.4 Å². The van der Waals surface area contributed by atoms with Crippen molar-refractivity contribution >= 4 is 57.7 Å². The van der Waals surface area contributed by atoms with E-state index in [-0.39, 0.29) is 36.2 Å². The van der Waals surface area contributed by atoms with Gasteiger partial charge in [-0.2, -0.15) is 4.98 Å². The number of nitrogens with one attached hydrogen (secondary N) is 3. The third-order valence-electron chi connectivity index (χ3n) is 11.5. The highest BCUT2D eigenvalue weighted by Crippen LogP contribution is 2.32. The molecule has 0 saturated carbocycles. The Morgan fingerprint density at radius 3 is 2.46 bits per heavy atom. The summed E-state index contributed by atoms with van der Waals surface area (Å²) >= 11 is 0. The van der Waals surface area contributed by atoms with E-state index in [0.717, 1.165) is 34.6 Å². The van der Waals surface area contributed by atoms with Crippen molar-refractivity contribution in [2.75, 3.05) is 48.3 Å². The van der Waals surface area contributed by atoms with Gasteiger partial charge in [0.25, 0.3) is 11.5 Å². The number of allylic oxidation sites excluding steroid dienone is 1. The van der Waals surface area contributed by atoms with Crippen LogP contribution in [-0.4, -0.2) is 102 Å². The number of aliphatic hydroxyl groups excluding tert-OH is 1. The summed E-state index contributed by atoms with van der Waals surface area (Å²) in [5.74, 6) is -0.136. The van der Waals surface area contributed by atoms with Gasteiger partial charge in [-0.05, 0) is 78.9 Å². The molecule has 2 fully saturated rings. The van der Waals surface area contributed by atoms with Crippen LogP contribution in [0.5, 0.6) is 0 Å². The van der Waals surface area contributed by atoms with Crippen molar-refractivity contribution in [2.24, 2.45) is 0 Å². The highest BCUT2D eigenvalue weighted by atomic mass is 16.3. The predicted molar refractivity (Wildman–Crippen MR) is 230 cm³/mol. The molecule has 0 radical (unpaired) electrons. The second-order valence-electron chi connectivity index (χ2n) is 15.2. The maximum absolute atomic E-state index is 13.4. The molecule has 2 unspecified atom stereocenters. The summed E-state index contributed by atoms with van der Waals surface area (Å²) in [6.07, 6.45) is 4.69. The van der Waals surface area contributed by atoms with Gasteiger partial charge in [-0.25, -0.2) is 19.3 Å². The van der Waals surface area contributed by atoms with Crippen LogP contribution in [0.1, 0.15) is 72.8 Å². The fourth-order valence-electron chi connectivity index (χ4n) is 8.40. The molecule has 2 saturated heterocycles. The monoisotopic (exact) mass is 827 g/mol. The second-order valence-corrected chi connectivity index (χ2v) is 15.2. The fourth-order valence-corrected chi connectivity index (χ4v) is 8.40. The van der Waals surface area contributed by atoms with Crippen molar-refractivity contribution in [1.82, 2.24) is 39.4 Å². The Morgan fingerprint density at radius 2 is 1.70 bits per heavy atom. The molecule has 61 heavy (non-hydrogen) atoms. The number of aromatic nitrogens is 5. The summed E-state index contributed by atoms with van der Waals surface area (Å²) in [6, 6.07) is 16.4. The smallest absolute Gasteiger partial charge is 0.278 e. The molecule has 4 aliphatic rings. The third kappa shape index (κ3) is 8.07. The first-order valence-electron chi connectivity index (χ1n) is 20.8. The summed E-state index contributed by atoms with van der Waals surface area (Å²) in [4.78, 5) is 83.0. The quantitative estimate of drug-likeness (QED) is 0.111. The molecular formula is C44H49N11O6. The van der Waals surface area contributed by atoms with E-state index in [1.807, 2.05) is 67.3 Å². The van der Waals surface area contributed by atoms with E-state index in [0.29, 0.717) is 92.6 Å². The third-order valence-corrected chi connectivity index (χ3v) is 11.5. The van der Waals surface area contributed by atoms with E-state index in [2.05, 4.69) is 32.4 Å². The van der Waals surface area contributed by atoms with Gasteiger partial charge in [0.05, 0.1) is 18.3 Å². The van der Waals surface area contributed by atoms with Crippen LogP contribution in [0.25, 0.3) is 16.9 Å². The number of rotatable bonds is 11. The number of nitrogens with zero attached hydrogens (tertiary/aromatic N) is 8. The van der Waals surface area contributed by atoms with E-state index in [1.165, 1.54) is 15.8 Å². The number of hydrogen-bond acceptors (Lipinski definition) is 12. The number of amides is 4. The predicted octanol–water partition coefficient (Wildman–Crippen LogP) is 3.82.